The lowest BCUT2D eigenvalue weighted by atomic mass is 10.0. The molecule has 0 radical (unpaired) electrons. The minimum absolute atomic E-state index is 0.0329. The van der Waals surface area contributed by atoms with Crippen molar-refractivity contribution in [2.45, 2.75) is 31.8 Å². The number of nitrogens with one attached hydrogen (secondary N) is 2. The average Bonchev–Trinajstić information content (AvgIpc) is 2.62. The van der Waals surface area contributed by atoms with Crippen molar-refractivity contribution in [3.05, 3.63) is 71.3 Å². The summed E-state index contributed by atoms with van der Waals surface area (Å²) in [5.74, 6) is -2.75. The van der Waals surface area contributed by atoms with Gasteiger partial charge in [0.2, 0.25) is 17.7 Å². The van der Waals surface area contributed by atoms with Gasteiger partial charge >= 0.3 is 0 Å². The molecule has 8 heteroatoms. The van der Waals surface area contributed by atoms with Gasteiger partial charge in [0.15, 0.2) is 0 Å². The highest BCUT2D eigenvalue weighted by Gasteiger charge is 2.25. The molecule has 2 rings (SSSR count). The van der Waals surface area contributed by atoms with E-state index in [9.17, 15) is 23.2 Å². The van der Waals surface area contributed by atoms with Gasteiger partial charge in [-0.15, -0.1) is 0 Å². The fraction of sp³-hybridized carbons (Fsp3) is 0.250. The Morgan fingerprint density at radius 2 is 1.54 bits per heavy atom. The minimum Gasteiger partial charge on any atom is -0.368 e. The maximum absolute atomic E-state index is 13.4. The van der Waals surface area contributed by atoms with Crippen molar-refractivity contribution in [3.63, 3.8) is 0 Å². The molecule has 0 aromatic heterocycles. The van der Waals surface area contributed by atoms with Crippen LogP contribution in [0.5, 0.6) is 0 Å². The third-order valence-electron chi connectivity index (χ3n) is 4.04. The van der Waals surface area contributed by atoms with Crippen LogP contribution in [-0.2, 0) is 27.2 Å². The molecular formula is C20H21F2N3O3. The number of primary amides is 1. The zero-order valence-corrected chi connectivity index (χ0v) is 15.2. The Morgan fingerprint density at radius 3 is 2.11 bits per heavy atom. The molecule has 0 unspecified atom stereocenters. The third-order valence-corrected chi connectivity index (χ3v) is 4.04. The molecule has 0 heterocycles. The first-order valence-corrected chi connectivity index (χ1v) is 8.60. The van der Waals surface area contributed by atoms with Crippen LogP contribution < -0.4 is 16.4 Å². The van der Waals surface area contributed by atoms with Gasteiger partial charge in [0.25, 0.3) is 0 Å². The van der Waals surface area contributed by atoms with Crippen LogP contribution in [0.15, 0.2) is 48.5 Å². The molecule has 6 nitrogen and oxygen atoms in total. The van der Waals surface area contributed by atoms with Crippen LogP contribution in [0.3, 0.4) is 0 Å². The summed E-state index contributed by atoms with van der Waals surface area (Å²) >= 11 is 0. The predicted molar refractivity (Wildman–Crippen MR) is 98.9 cm³/mol. The first kappa shape index (κ1) is 21.0. The topological polar surface area (TPSA) is 101 Å². The van der Waals surface area contributed by atoms with E-state index in [0.717, 1.165) is 0 Å². The smallest absolute Gasteiger partial charge is 0.243 e. The van der Waals surface area contributed by atoms with Crippen LogP contribution >= 0.6 is 0 Å². The molecule has 2 atom stereocenters. The van der Waals surface area contributed by atoms with E-state index in [0.29, 0.717) is 11.1 Å². The van der Waals surface area contributed by atoms with Gasteiger partial charge in [-0.1, -0.05) is 24.3 Å². The Bertz CT molecular complexity index is 856. The number of carbonyl (C=O) groups is 3. The van der Waals surface area contributed by atoms with Crippen LogP contribution in [0.2, 0.25) is 0 Å². The van der Waals surface area contributed by atoms with Crippen LogP contribution in [0.25, 0.3) is 0 Å². The Hall–Kier alpha value is -3.29. The van der Waals surface area contributed by atoms with E-state index >= 15 is 0 Å². The van der Waals surface area contributed by atoms with Crippen LogP contribution in [-0.4, -0.2) is 29.8 Å². The summed E-state index contributed by atoms with van der Waals surface area (Å²) in [6, 6.07) is 9.00. The summed E-state index contributed by atoms with van der Waals surface area (Å²) in [7, 11) is 0. The molecule has 0 aliphatic heterocycles. The number of halogens is 2. The molecule has 0 spiro atoms. The number of hydrogen-bond acceptors (Lipinski definition) is 3. The van der Waals surface area contributed by atoms with E-state index in [1.54, 1.807) is 6.07 Å². The SMILES string of the molecule is CC(=O)N[C@H](Cc1cccc(F)c1)C(=O)N[C@H](Cc1ccc(F)cc1)C(N)=O. The lowest BCUT2D eigenvalue weighted by molar-refractivity contribution is -0.130. The van der Waals surface area contributed by atoms with Crippen LogP contribution in [0.4, 0.5) is 8.78 Å². The lowest BCUT2D eigenvalue weighted by Crippen LogP contribution is -2.54. The number of rotatable bonds is 8. The Labute approximate surface area is 161 Å². The molecule has 148 valence electrons. The Morgan fingerprint density at radius 1 is 0.893 bits per heavy atom. The van der Waals surface area contributed by atoms with E-state index in [1.165, 1.54) is 49.4 Å². The molecule has 3 amide bonds. The maximum atomic E-state index is 13.4. The van der Waals surface area contributed by atoms with Gasteiger partial charge in [0.05, 0.1) is 0 Å². The number of benzene rings is 2. The van der Waals surface area contributed by atoms with Crippen molar-refractivity contribution >= 4 is 17.7 Å². The second kappa shape index (κ2) is 9.59. The molecule has 28 heavy (non-hydrogen) atoms. The second-order valence-corrected chi connectivity index (χ2v) is 6.38. The number of hydrogen-bond donors (Lipinski definition) is 3. The molecule has 0 saturated carbocycles. The summed E-state index contributed by atoms with van der Waals surface area (Å²) in [5, 5.41) is 4.99. The standard InChI is InChI=1S/C20H21F2N3O3/c1-12(26)24-18(11-14-3-2-4-16(22)9-14)20(28)25-17(19(23)27)10-13-5-7-15(21)8-6-13/h2-9,17-18H,10-11H2,1H3,(H2,23,27)(H,24,26)(H,25,28)/t17-,18-/m1/s1. The molecule has 2 aromatic rings. The largest absolute Gasteiger partial charge is 0.368 e. The Kier molecular flexibility index (Phi) is 7.20. The van der Waals surface area contributed by atoms with E-state index in [4.69, 9.17) is 5.73 Å². The summed E-state index contributed by atoms with van der Waals surface area (Å²) in [5.41, 5.74) is 6.48. The van der Waals surface area contributed by atoms with Crippen molar-refractivity contribution in [2.24, 2.45) is 5.73 Å². The maximum Gasteiger partial charge on any atom is 0.243 e. The van der Waals surface area contributed by atoms with Crippen molar-refractivity contribution in [3.8, 4) is 0 Å². The highest BCUT2D eigenvalue weighted by Crippen LogP contribution is 2.09. The molecular weight excluding hydrogens is 368 g/mol. The number of amides is 3. The fourth-order valence-electron chi connectivity index (χ4n) is 2.71. The van der Waals surface area contributed by atoms with Crippen molar-refractivity contribution in [1.29, 1.82) is 0 Å². The Balaban J connectivity index is 2.12. The van der Waals surface area contributed by atoms with Gasteiger partial charge in [-0.25, -0.2) is 8.78 Å². The van der Waals surface area contributed by atoms with Gasteiger partial charge in [-0.05, 0) is 35.4 Å². The quantitative estimate of drug-likeness (QED) is 0.633. The van der Waals surface area contributed by atoms with E-state index in [-0.39, 0.29) is 12.8 Å². The van der Waals surface area contributed by atoms with E-state index in [1.807, 2.05) is 0 Å². The number of carbonyl (C=O) groups excluding carboxylic acids is 3. The zero-order chi connectivity index (χ0) is 20.7. The third kappa shape index (κ3) is 6.46. The predicted octanol–water partition coefficient (Wildman–Crippen LogP) is 1.22. The van der Waals surface area contributed by atoms with Crippen LogP contribution in [0, 0.1) is 11.6 Å². The second-order valence-electron chi connectivity index (χ2n) is 6.38. The van der Waals surface area contributed by atoms with E-state index < -0.39 is 41.4 Å². The lowest BCUT2D eigenvalue weighted by Gasteiger charge is -2.22. The van der Waals surface area contributed by atoms with Crippen LogP contribution in [0.1, 0.15) is 18.1 Å². The summed E-state index contributed by atoms with van der Waals surface area (Å²) in [6.45, 7) is 1.25. The van der Waals surface area contributed by atoms with Gasteiger partial charge in [-0.3, -0.25) is 14.4 Å². The first-order chi connectivity index (χ1) is 13.2. The van der Waals surface area contributed by atoms with Crippen molar-refractivity contribution in [1.82, 2.24) is 10.6 Å². The molecule has 0 saturated heterocycles. The van der Waals surface area contributed by atoms with Crippen molar-refractivity contribution < 1.29 is 23.2 Å². The van der Waals surface area contributed by atoms with Gasteiger partial charge in [-0.2, -0.15) is 0 Å². The molecule has 4 N–H and O–H groups in total. The van der Waals surface area contributed by atoms with E-state index in [2.05, 4.69) is 10.6 Å². The number of nitrogens with two attached hydrogens (primary N) is 1. The summed E-state index contributed by atoms with van der Waals surface area (Å²) in [4.78, 5) is 35.9. The van der Waals surface area contributed by atoms with Gasteiger partial charge in [0, 0.05) is 19.8 Å². The molecule has 0 fully saturated rings. The monoisotopic (exact) mass is 389 g/mol. The minimum atomic E-state index is -1.05. The molecule has 0 bridgehead atoms. The summed E-state index contributed by atoms with van der Waals surface area (Å²) < 4.78 is 26.4. The zero-order valence-electron chi connectivity index (χ0n) is 15.2. The highest BCUT2D eigenvalue weighted by atomic mass is 19.1. The summed E-state index contributed by atoms with van der Waals surface area (Å²) in [6.07, 6.45) is 0.0965. The fourth-order valence-corrected chi connectivity index (χ4v) is 2.71. The molecule has 0 aliphatic carbocycles. The first-order valence-electron chi connectivity index (χ1n) is 8.60. The normalized spacial score (nSPS) is 12.7. The molecule has 0 aliphatic rings. The van der Waals surface area contributed by atoms with Gasteiger partial charge < -0.3 is 16.4 Å². The molecule has 2 aromatic carbocycles. The average molecular weight is 389 g/mol. The van der Waals surface area contributed by atoms with Crippen molar-refractivity contribution in [2.75, 3.05) is 0 Å². The highest BCUT2D eigenvalue weighted by molar-refractivity contribution is 5.91. The van der Waals surface area contributed by atoms with Gasteiger partial charge in [0.1, 0.15) is 23.7 Å².